The van der Waals surface area contributed by atoms with Crippen molar-refractivity contribution in [2.24, 2.45) is 0 Å². The Morgan fingerprint density at radius 1 is 1.00 bits per heavy atom. The topological polar surface area (TPSA) is 40.6 Å². The number of hydrogen-bond acceptors (Lipinski definition) is 4. The molecule has 0 N–H and O–H groups in total. The van der Waals surface area contributed by atoms with Crippen LogP contribution in [-0.4, -0.2) is 39.9 Å². The highest BCUT2D eigenvalue weighted by atomic mass is 32.2. The minimum absolute atomic E-state index is 0.437. The van der Waals surface area contributed by atoms with Gasteiger partial charge in [0.25, 0.3) is 10.0 Å². The summed E-state index contributed by atoms with van der Waals surface area (Å²) in [6.07, 6.45) is 5.90. The van der Waals surface area contributed by atoms with Crippen molar-refractivity contribution in [1.82, 2.24) is 4.31 Å². The second-order valence-corrected chi connectivity index (χ2v) is 9.37. The first-order valence-electron chi connectivity index (χ1n) is 8.02. The van der Waals surface area contributed by atoms with E-state index >= 15 is 0 Å². The fourth-order valence-electron chi connectivity index (χ4n) is 2.68. The molecule has 0 saturated carbocycles. The molecule has 1 aliphatic heterocycles. The zero-order chi connectivity index (χ0) is 17.2. The van der Waals surface area contributed by atoms with Crippen LogP contribution in [0.25, 0.3) is 12.2 Å². The molecule has 0 spiro atoms. The molecule has 4 nitrogen and oxygen atoms in total. The normalized spacial score (nSPS) is 16.1. The standard InChI is InChI=1S/C18H22N2O2S2/c1-19(2)16-8-5-15(6-9-16)7-10-17-11-12-18(23-17)24(21,22)20-13-3-4-14-20/h5-12H,3-4,13-14H2,1-2H3. The zero-order valence-corrected chi connectivity index (χ0v) is 15.6. The van der Waals surface area contributed by atoms with Crippen LogP contribution >= 0.6 is 11.3 Å². The lowest BCUT2D eigenvalue weighted by molar-refractivity contribution is 0.479. The Morgan fingerprint density at radius 3 is 2.29 bits per heavy atom. The first-order valence-corrected chi connectivity index (χ1v) is 10.3. The van der Waals surface area contributed by atoms with Crippen molar-refractivity contribution in [2.75, 3.05) is 32.1 Å². The van der Waals surface area contributed by atoms with Gasteiger partial charge in [-0.15, -0.1) is 11.3 Å². The molecule has 24 heavy (non-hydrogen) atoms. The summed E-state index contributed by atoms with van der Waals surface area (Å²) < 4.78 is 27.1. The summed E-state index contributed by atoms with van der Waals surface area (Å²) in [7, 11) is 0.722. The molecule has 1 aliphatic rings. The molecule has 1 aromatic carbocycles. The molecule has 0 unspecified atom stereocenters. The Kier molecular flexibility index (Phi) is 5.08. The number of benzene rings is 1. The monoisotopic (exact) mass is 362 g/mol. The van der Waals surface area contributed by atoms with Gasteiger partial charge in [-0.2, -0.15) is 4.31 Å². The number of anilines is 1. The lowest BCUT2D eigenvalue weighted by Gasteiger charge is -2.13. The molecule has 1 fully saturated rings. The van der Waals surface area contributed by atoms with Crippen molar-refractivity contribution in [2.45, 2.75) is 17.1 Å². The third kappa shape index (κ3) is 3.71. The van der Waals surface area contributed by atoms with Crippen LogP contribution in [0.1, 0.15) is 23.3 Å². The summed E-state index contributed by atoms with van der Waals surface area (Å²) >= 11 is 1.33. The molecule has 1 saturated heterocycles. The van der Waals surface area contributed by atoms with Crippen LogP contribution in [-0.2, 0) is 10.0 Å². The molecule has 3 rings (SSSR count). The predicted octanol–water partition coefficient (Wildman–Crippen LogP) is 3.77. The van der Waals surface area contributed by atoms with Crippen molar-refractivity contribution in [3.05, 3.63) is 46.8 Å². The van der Waals surface area contributed by atoms with E-state index in [1.807, 2.05) is 32.3 Å². The zero-order valence-electron chi connectivity index (χ0n) is 14.0. The SMILES string of the molecule is CN(C)c1ccc(C=Cc2ccc(S(=O)(=O)N3CCCC3)s2)cc1. The molecule has 0 radical (unpaired) electrons. The van der Waals surface area contributed by atoms with E-state index in [2.05, 4.69) is 29.2 Å². The number of sulfonamides is 1. The van der Waals surface area contributed by atoms with Gasteiger partial charge in [0.1, 0.15) is 4.21 Å². The van der Waals surface area contributed by atoms with Gasteiger partial charge in [-0.05, 0) is 48.7 Å². The van der Waals surface area contributed by atoms with Crippen LogP contribution in [0.2, 0.25) is 0 Å². The van der Waals surface area contributed by atoms with Gasteiger partial charge in [0.2, 0.25) is 0 Å². The van der Waals surface area contributed by atoms with Gasteiger partial charge in [0.15, 0.2) is 0 Å². The number of nitrogens with zero attached hydrogens (tertiary/aromatic N) is 2. The second-order valence-electron chi connectivity index (χ2n) is 6.09. The van der Waals surface area contributed by atoms with E-state index in [4.69, 9.17) is 0 Å². The van der Waals surface area contributed by atoms with Crippen LogP contribution in [0.3, 0.4) is 0 Å². The summed E-state index contributed by atoms with van der Waals surface area (Å²) in [5.41, 5.74) is 2.25. The Balaban J connectivity index is 1.73. The first-order chi connectivity index (χ1) is 11.5. The van der Waals surface area contributed by atoms with Gasteiger partial charge in [-0.25, -0.2) is 8.42 Å². The highest BCUT2D eigenvalue weighted by Crippen LogP contribution is 2.28. The molecule has 0 atom stereocenters. The summed E-state index contributed by atoms with van der Waals surface area (Å²) in [5.74, 6) is 0. The van der Waals surface area contributed by atoms with E-state index in [1.54, 1.807) is 10.4 Å². The molecule has 2 heterocycles. The van der Waals surface area contributed by atoms with Gasteiger partial charge >= 0.3 is 0 Å². The molecule has 1 aromatic heterocycles. The number of rotatable bonds is 5. The maximum atomic E-state index is 12.5. The second kappa shape index (κ2) is 7.09. The smallest absolute Gasteiger partial charge is 0.252 e. The Morgan fingerprint density at radius 2 is 1.67 bits per heavy atom. The summed E-state index contributed by atoms with van der Waals surface area (Å²) in [5, 5.41) is 0. The lowest BCUT2D eigenvalue weighted by Crippen LogP contribution is -2.27. The van der Waals surface area contributed by atoms with Crippen LogP contribution in [0.5, 0.6) is 0 Å². The molecule has 0 bridgehead atoms. The van der Waals surface area contributed by atoms with E-state index in [9.17, 15) is 8.42 Å². The lowest BCUT2D eigenvalue weighted by atomic mass is 10.2. The average molecular weight is 363 g/mol. The number of hydrogen-bond donors (Lipinski definition) is 0. The van der Waals surface area contributed by atoms with Crippen molar-refractivity contribution >= 4 is 39.2 Å². The Labute approximate surface area is 148 Å². The average Bonchev–Trinajstić information content (AvgIpc) is 3.25. The van der Waals surface area contributed by atoms with Gasteiger partial charge in [0.05, 0.1) is 0 Å². The van der Waals surface area contributed by atoms with Crippen molar-refractivity contribution in [3.63, 3.8) is 0 Å². The minimum Gasteiger partial charge on any atom is -0.378 e. The van der Waals surface area contributed by atoms with E-state index < -0.39 is 10.0 Å². The molecule has 0 aliphatic carbocycles. The molecular weight excluding hydrogens is 340 g/mol. The van der Waals surface area contributed by atoms with E-state index in [0.717, 1.165) is 29.0 Å². The van der Waals surface area contributed by atoms with Crippen molar-refractivity contribution < 1.29 is 8.42 Å². The number of thiophene rings is 1. The van der Waals surface area contributed by atoms with Crippen LogP contribution < -0.4 is 4.90 Å². The highest BCUT2D eigenvalue weighted by molar-refractivity contribution is 7.91. The Hall–Kier alpha value is -1.63. The molecule has 0 amide bonds. The largest absolute Gasteiger partial charge is 0.378 e. The highest BCUT2D eigenvalue weighted by Gasteiger charge is 2.28. The molecule has 6 heteroatoms. The summed E-state index contributed by atoms with van der Waals surface area (Å²) in [6.45, 7) is 1.28. The van der Waals surface area contributed by atoms with Crippen molar-refractivity contribution in [1.29, 1.82) is 0 Å². The molecule has 2 aromatic rings. The van der Waals surface area contributed by atoms with E-state index in [0.29, 0.717) is 17.3 Å². The van der Waals surface area contributed by atoms with Gasteiger partial charge < -0.3 is 4.90 Å². The minimum atomic E-state index is -3.30. The van der Waals surface area contributed by atoms with E-state index in [-0.39, 0.29) is 0 Å². The van der Waals surface area contributed by atoms with Gasteiger partial charge in [-0.1, -0.05) is 18.2 Å². The van der Waals surface area contributed by atoms with Crippen LogP contribution in [0, 0.1) is 0 Å². The Bertz CT molecular complexity index is 815. The maximum absolute atomic E-state index is 12.5. The van der Waals surface area contributed by atoms with Crippen molar-refractivity contribution in [3.8, 4) is 0 Å². The first kappa shape index (κ1) is 17.2. The van der Waals surface area contributed by atoms with Crippen LogP contribution in [0.15, 0.2) is 40.6 Å². The van der Waals surface area contributed by atoms with Gasteiger partial charge in [-0.3, -0.25) is 0 Å². The quantitative estimate of drug-likeness (QED) is 0.813. The fraction of sp³-hybridized carbons (Fsp3) is 0.333. The third-order valence-corrected chi connectivity index (χ3v) is 7.53. The third-order valence-electron chi connectivity index (χ3n) is 4.11. The summed E-state index contributed by atoms with van der Waals surface area (Å²) in [4.78, 5) is 3.01. The molecular formula is C18H22N2O2S2. The predicted molar refractivity (Wildman–Crippen MR) is 102 cm³/mol. The van der Waals surface area contributed by atoms with E-state index in [1.165, 1.54) is 11.3 Å². The van der Waals surface area contributed by atoms with Gasteiger partial charge in [0, 0.05) is 37.7 Å². The fourth-order valence-corrected chi connectivity index (χ4v) is 5.58. The maximum Gasteiger partial charge on any atom is 0.252 e. The summed E-state index contributed by atoms with van der Waals surface area (Å²) in [6, 6.07) is 11.8. The van der Waals surface area contributed by atoms with Crippen LogP contribution in [0.4, 0.5) is 5.69 Å². The molecule has 128 valence electrons.